The second-order valence-electron chi connectivity index (χ2n) is 6.45. The predicted octanol–water partition coefficient (Wildman–Crippen LogP) is 0.227. The van der Waals surface area contributed by atoms with Crippen LogP contribution in [-0.4, -0.2) is 68.9 Å². The molecule has 0 saturated carbocycles. The van der Waals surface area contributed by atoms with Gasteiger partial charge in [-0.2, -0.15) is 0 Å². The molecule has 7 nitrogen and oxygen atoms in total. The van der Waals surface area contributed by atoms with Gasteiger partial charge in [0.05, 0.1) is 32.0 Å². The number of carbonyl (C=O) groups is 1. The molecule has 8 heteroatoms. The lowest BCUT2D eigenvalue weighted by molar-refractivity contribution is -0.199. The van der Waals surface area contributed by atoms with Gasteiger partial charge < -0.3 is 4.74 Å². The molecule has 1 amide bonds. The van der Waals surface area contributed by atoms with E-state index in [0.29, 0.717) is 39.3 Å². The van der Waals surface area contributed by atoms with Crippen LogP contribution < -0.4 is 0 Å². The molecule has 22 heavy (non-hydrogen) atoms. The first-order valence-electron chi connectivity index (χ1n) is 7.95. The molecular weight excluding hydrogens is 308 g/mol. The molecule has 126 valence electrons. The maximum Gasteiger partial charge on any atom is 0.248 e. The highest BCUT2D eigenvalue weighted by Gasteiger charge is 2.43. The van der Waals surface area contributed by atoms with Crippen molar-refractivity contribution in [2.45, 2.75) is 31.8 Å². The zero-order valence-corrected chi connectivity index (χ0v) is 13.8. The van der Waals surface area contributed by atoms with E-state index in [4.69, 9.17) is 9.57 Å². The van der Waals surface area contributed by atoms with E-state index in [1.54, 1.807) is 0 Å². The minimum atomic E-state index is -3.14. The van der Waals surface area contributed by atoms with E-state index in [0.717, 1.165) is 19.3 Å². The van der Waals surface area contributed by atoms with Crippen LogP contribution in [-0.2, 0) is 24.4 Å². The molecule has 3 rings (SSSR count). The van der Waals surface area contributed by atoms with Gasteiger partial charge in [0.1, 0.15) is 0 Å². The van der Waals surface area contributed by atoms with Gasteiger partial charge in [-0.05, 0) is 25.2 Å². The summed E-state index contributed by atoms with van der Waals surface area (Å²) in [6.07, 6.45) is 4.21. The van der Waals surface area contributed by atoms with Gasteiger partial charge in [0.25, 0.3) is 0 Å². The quantitative estimate of drug-likeness (QED) is 0.739. The molecule has 3 aliphatic rings. The van der Waals surface area contributed by atoms with Crippen LogP contribution in [0.25, 0.3) is 0 Å². The number of hydroxylamine groups is 2. The minimum Gasteiger partial charge on any atom is -0.377 e. The number of amides is 1. The van der Waals surface area contributed by atoms with E-state index in [-0.39, 0.29) is 23.8 Å². The molecule has 0 aromatic rings. The lowest BCUT2D eigenvalue weighted by Gasteiger charge is -2.34. The Bertz CT molecular complexity index is 517. The standard InChI is InChI=1S/C14H24N2O5S/c1-22(18,19)15-6-4-12-11(9-15)10-20-13(12)8-14(17)16-5-2-3-7-21-16/h11-13H,2-10H2,1H3/t11-,12-,13+/m1/s1. The summed E-state index contributed by atoms with van der Waals surface area (Å²) < 4.78 is 30.6. The summed E-state index contributed by atoms with van der Waals surface area (Å²) in [5.74, 6) is 0.450. The Labute approximate surface area is 131 Å². The predicted molar refractivity (Wildman–Crippen MR) is 79.3 cm³/mol. The van der Waals surface area contributed by atoms with Gasteiger partial charge in [0.15, 0.2) is 0 Å². The fourth-order valence-corrected chi connectivity index (χ4v) is 4.53. The molecule has 0 aromatic heterocycles. The lowest BCUT2D eigenvalue weighted by Crippen LogP contribution is -2.45. The molecule has 0 radical (unpaired) electrons. The molecule has 3 atom stereocenters. The number of rotatable bonds is 3. The molecule has 0 spiro atoms. The zero-order valence-electron chi connectivity index (χ0n) is 12.9. The second kappa shape index (κ2) is 6.43. The van der Waals surface area contributed by atoms with E-state index in [9.17, 15) is 13.2 Å². The highest BCUT2D eigenvalue weighted by Crippen LogP contribution is 2.36. The van der Waals surface area contributed by atoms with E-state index >= 15 is 0 Å². The lowest BCUT2D eigenvalue weighted by atomic mass is 9.84. The van der Waals surface area contributed by atoms with Crippen molar-refractivity contribution >= 4 is 15.9 Å². The Morgan fingerprint density at radius 3 is 2.77 bits per heavy atom. The first-order valence-corrected chi connectivity index (χ1v) is 9.80. The third-order valence-electron chi connectivity index (χ3n) is 4.88. The molecule has 3 aliphatic heterocycles. The fourth-order valence-electron chi connectivity index (χ4n) is 3.63. The maximum atomic E-state index is 12.3. The van der Waals surface area contributed by atoms with Gasteiger partial charge in [-0.1, -0.05) is 0 Å². The van der Waals surface area contributed by atoms with Crippen LogP contribution in [0.1, 0.15) is 25.7 Å². The highest BCUT2D eigenvalue weighted by molar-refractivity contribution is 7.88. The minimum absolute atomic E-state index is 0.0177. The Morgan fingerprint density at radius 1 is 1.27 bits per heavy atom. The summed E-state index contributed by atoms with van der Waals surface area (Å²) in [7, 11) is -3.14. The van der Waals surface area contributed by atoms with Gasteiger partial charge in [0.2, 0.25) is 15.9 Å². The fraction of sp³-hybridized carbons (Fsp3) is 0.929. The Morgan fingerprint density at radius 2 is 2.09 bits per heavy atom. The maximum absolute atomic E-state index is 12.3. The third-order valence-corrected chi connectivity index (χ3v) is 6.15. The smallest absolute Gasteiger partial charge is 0.248 e. The first kappa shape index (κ1) is 16.2. The molecule has 0 unspecified atom stereocenters. The third kappa shape index (κ3) is 3.45. The van der Waals surface area contributed by atoms with E-state index in [1.807, 2.05) is 0 Å². The monoisotopic (exact) mass is 332 g/mol. The summed E-state index contributed by atoms with van der Waals surface area (Å²) in [6.45, 7) is 2.83. The van der Waals surface area contributed by atoms with Crippen molar-refractivity contribution in [3.63, 3.8) is 0 Å². The Balaban J connectivity index is 1.56. The molecular formula is C14H24N2O5S. The number of hydrogen-bond acceptors (Lipinski definition) is 5. The largest absolute Gasteiger partial charge is 0.377 e. The van der Waals surface area contributed by atoms with Crippen LogP contribution in [0, 0.1) is 11.8 Å². The number of fused-ring (bicyclic) bond motifs is 1. The number of ether oxygens (including phenoxy) is 1. The van der Waals surface area contributed by atoms with Crippen LogP contribution in [0.15, 0.2) is 0 Å². The van der Waals surface area contributed by atoms with Crippen molar-refractivity contribution in [2.75, 3.05) is 39.1 Å². The molecule has 0 aromatic carbocycles. The van der Waals surface area contributed by atoms with Crippen LogP contribution in [0.3, 0.4) is 0 Å². The molecule has 3 fully saturated rings. The summed E-state index contributed by atoms with van der Waals surface area (Å²) >= 11 is 0. The van der Waals surface area contributed by atoms with Crippen molar-refractivity contribution in [2.24, 2.45) is 11.8 Å². The van der Waals surface area contributed by atoms with Crippen LogP contribution in [0.4, 0.5) is 0 Å². The zero-order chi connectivity index (χ0) is 15.7. The van der Waals surface area contributed by atoms with Crippen molar-refractivity contribution in [1.29, 1.82) is 0 Å². The highest BCUT2D eigenvalue weighted by atomic mass is 32.2. The SMILES string of the molecule is CS(=O)(=O)N1CC[C@@H]2[C@@H](CO[C@H]2CC(=O)N2CCCCO2)C1. The number of hydrogen-bond donors (Lipinski definition) is 0. The van der Waals surface area contributed by atoms with Gasteiger partial charge in [-0.15, -0.1) is 0 Å². The van der Waals surface area contributed by atoms with Gasteiger partial charge >= 0.3 is 0 Å². The summed E-state index contributed by atoms with van der Waals surface area (Å²) in [6, 6.07) is 0. The van der Waals surface area contributed by atoms with Crippen molar-refractivity contribution in [3.8, 4) is 0 Å². The van der Waals surface area contributed by atoms with Gasteiger partial charge in [-0.3, -0.25) is 9.63 Å². The van der Waals surface area contributed by atoms with Gasteiger partial charge in [0, 0.05) is 25.6 Å². The Hall–Kier alpha value is -0.700. The molecule has 0 aliphatic carbocycles. The first-order chi connectivity index (χ1) is 10.4. The van der Waals surface area contributed by atoms with E-state index < -0.39 is 10.0 Å². The average Bonchev–Trinajstić information content (AvgIpc) is 2.89. The van der Waals surface area contributed by atoms with Crippen molar-refractivity contribution in [1.82, 2.24) is 9.37 Å². The number of carbonyl (C=O) groups excluding carboxylic acids is 1. The molecule has 0 N–H and O–H groups in total. The number of sulfonamides is 1. The molecule has 0 bridgehead atoms. The van der Waals surface area contributed by atoms with Crippen molar-refractivity contribution in [3.05, 3.63) is 0 Å². The topological polar surface area (TPSA) is 76.2 Å². The summed E-state index contributed by atoms with van der Waals surface area (Å²) in [5, 5.41) is 1.46. The van der Waals surface area contributed by atoms with E-state index in [2.05, 4.69) is 0 Å². The number of piperidine rings is 1. The average molecular weight is 332 g/mol. The normalized spacial score (nSPS) is 33.7. The Kier molecular flexibility index (Phi) is 4.72. The van der Waals surface area contributed by atoms with Crippen LogP contribution >= 0.6 is 0 Å². The number of nitrogens with zero attached hydrogens (tertiary/aromatic N) is 2. The summed E-state index contributed by atoms with van der Waals surface area (Å²) in [4.78, 5) is 17.7. The van der Waals surface area contributed by atoms with E-state index in [1.165, 1.54) is 15.6 Å². The second-order valence-corrected chi connectivity index (χ2v) is 8.43. The summed E-state index contributed by atoms with van der Waals surface area (Å²) in [5.41, 5.74) is 0. The molecule has 3 heterocycles. The van der Waals surface area contributed by atoms with Gasteiger partial charge in [-0.25, -0.2) is 17.8 Å². The molecule has 3 saturated heterocycles. The van der Waals surface area contributed by atoms with Crippen LogP contribution in [0.5, 0.6) is 0 Å². The van der Waals surface area contributed by atoms with Crippen LogP contribution in [0.2, 0.25) is 0 Å². The van der Waals surface area contributed by atoms with Crippen molar-refractivity contribution < 1.29 is 22.8 Å².